The summed E-state index contributed by atoms with van der Waals surface area (Å²) >= 11 is 3.18. The molecule has 0 fully saturated rings. The topological polar surface area (TPSA) is 70.5 Å². The number of aromatic nitrogens is 1. The van der Waals surface area contributed by atoms with Gasteiger partial charge in [-0.1, -0.05) is 0 Å². The fraction of sp³-hybridized carbons (Fsp3) is 0.222. The molecule has 1 amide bonds. The first-order chi connectivity index (χ1) is 7.09. The Bertz CT molecular complexity index is 447. The Morgan fingerprint density at radius 3 is 3.00 bits per heavy atom. The van der Waals surface area contributed by atoms with Crippen LogP contribution in [0.1, 0.15) is 15.9 Å². The van der Waals surface area contributed by atoms with Crippen molar-refractivity contribution >= 4 is 27.8 Å². The first kappa shape index (κ1) is 10.1. The number of hydrogen-bond acceptors (Lipinski definition) is 3. The van der Waals surface area contributed by atoms with E-state index in [1.807, 2.05) is 0 Å². The van der Waals surface area contributed by atoms with Gasteiger partial charge in [0.2, 0.25) is 0 Å². The van der Waals surface area contributed by atoms with E-state index in [9.17, 15) is 9.59 Å². The minimum atomic E-state index is -1.01. The van der Waals surface area contributed by atoms with Gasteiger partial charge >= 0.3 is 5.97 Å². The number of aliphatic carboxylic acids is 1. The zero-order chi connectivity index (χ0) is 11.0. The maximum atomic E-state index is 11.7. The Morgan fingerprint density at radius 1 is 1.67 bits per heavy atom. The molecule has 2 heterocycles. The molecule has 0 aliphatic carbocycles. The number of hydrogen-bond donors (Lipinski definition) is 1. The monoisotopic (exact) mass is 270 g/mol. The van der Waals surface area contributed by atoms with Gasteiger partial charge < -0.3 is 10.0 Å². The van der Waals surface area contributed by atoms with Crippen LogP contribution in [0.2, 0.25) is 0 Å². The smallest absolute Gasteiger partial charge is 0.323 e. The maximum absolute atomic E-state index is 11.7. The van der Waals surface area contributed by atoms with E-state index in [-0.39, 0.29) is 12.5 Å². The summed E-state index contributed by atoms with van der Waals surface area (Å²) < 4.78 is 0.470. The third-order valence-corrected chi connectivity index (χ3v) is 2.78. The van der Waals surface area contributed by atoms with E-state index in [4.69, 9.17) is 5.11 Å². The molecule has 6 heteroatoms. The summed E-state index contributed by atoms with van der Waals surface area (Å²) in [7, 11) is 0. The number of rotatable bonds is 2. The number of nitrogens with zero attached hydrogens (tertiary/aromatic N) is 2. The summed E-state index contributed by atoms with van der Waals surface area (Å²) in [5.74, 6) is -1.30. The third kappa shape index (κ3) is 1.72. The van der Waals surface area contributed by atoms with Crippen molar-refractivity contribution in [2.75, 3.05) is 6.54 Å². The number of carboxylic acid groups (broad SMARTS) is 1. The molecule has 0 aromatic carbocycles. The van der Waals surface area contributed by atoms with Crippen LogP contribution in [-0.2, 0) is 11.3 Å². The number of fused-ring (bicyclic) bond motifs is 1. The number of amides is 1. The second-order valence-corrected chi connectivity index (χ2v) is 3.94. The molecule has 0 spiro atoms. The SMILES string of the molecule is O=C(O)CN1Cc2ccnc(Br)c2C1=O. The molecule has 0 radical (unpaired) electrons. The van der Waals surface area contributed by atoms with E-state index in [0.717, 1.165) is 5.56 Å². The molecule has 1 N–H and O–H groups in total. The van der Waals surface area contributed by atoms with E-state index in [2.05, 4.69) is 20.9 Å². The van der Waals surface area contributed by atoms with Gasteiger partial charge in [-0.15, -0.1) is 0 Å². The lowest BCUT2D eigenvalue weighted by atomic mass is 10.2. The first-order valence-electron chi connectivity index (χ1n) is 4.24. The number of pyridine rings is 1. The maximum Gasteiger partial charge on any atom is 0.323 e. The summed E-state index contributed by atoms with van der Waals surface area (Å²) in [5.41, 5.74) is 1.28. The minimum Gasteiger partial charge on any atom is -0.480 e. The minimum absolute atomic E-state index is 0.278. The second-order valence-electron chi connectivity index (χ2n) is 3.19. The van der Waals surface area contributed by atoms with Crippen LogP contribution in [0.3, 0.4) is 0 Å². The summed E-state index contributed by atoms with van der Waals surface area (Å²) in [6.07, 6.45) is 1.58. The van der Waals surface area contributed by atoms with E-state index in [1.54, 1.807) is 12.3 Å². The zero-order valence-corrected chi connectivity index (χ0v) is 9.19. The number of halogens is 1. The van der Waals surface area contributed by atoms with E-state index >= 15 is 0 Å². The molecule has 1 aromatic heterocycles. The molecule has 0 atom stereocenters. The predicted octanol–water partition coefficient (Wildman–Crippen LogP) is 0.885. The van der Waals surface area contributed by atoms with Crippen LogP contribution in [0.5, 0.6) is 0 Å². The van der Waals surface area contributed by atoms with Gasteiger partial charge in [-0.25, -0.2) is 4.98 Å². The van der Waals surface area contributed by atoms with E-state index in [0.29, 0.717) is 16.7 Å². The van der Waals surface area contributed by atoms with Crippen LogP contribution >= 0.6 is 15.9 Å². The molecule has 2 rings (SSSR count). The number of carbonyl (C=O) groups excluding carboxylic acids is 1. The lowest BCUT2D eigenvalue weighted by Crippen LogP contribution is -2.29. The van der Waals surface area contributed by atoms with Crippen LogP contribution in [0.15, 0.2) is 16.9 Å². The van der Waals surface area contributed by atoms with Crippen LogP contribution in [0, 0.1) is 0 Å². The normalized spacial score (nSPS) is 14.2. The first-order valence-corrected chi connectivity index (χ1v) is 5.03. The lowest BCUT2D eigenvalue weighted by Gasteiger charge is -2.11. The third-order valence-electron chi connectivity index (χ3n) is 2.18. The Morgan fingerprint density at radius 2 is 2.40 bits per heavy atom. The van der Waals surface area contributed by atoms with Crippen molar-refractivity contribution < 1.29 is 14.7 Å². The molecule has 0 saturated heterocycles. The van der Waals surface area contributed by atoms with Gasteiger partial charge in [-0.05, 0) is 27.6 Å². The van der Waals surface area contributed by atoms with Gasteiger partial charge in [0.15, 0.2) is 0 Å². The van der Waals surface area contributed by atoms with Gasteiger partial charge in [0.05, 0.1) is 5.56 Å². The Kier molecular flexibility index (Phi) is 2.44. The van der Waals surface area contributed by atoms with Gasteiger partial charge in [0.1, 0.15) is 11.1 Å². The highest BCUT2D eigenvalue weighted by molar-refractivity contribution is 9.10. The molecule has 15 heavy (non-hydrogen) atoms. The highest BCUT2D eigenvalue weighted by Gasteiger charge is 2.30. The van der Waals surface area contributed by atoms with Crippen LogP contribution in [0.4, 0.5) is 0 Å². The van der Waals surface area contributed by atoms with Crippen molar-refractivity contribution in [2.45, 2.75) is 6.54 Å². The predicted molar refractivity (Wildman–Crippen MR) is 54.3 cm³/mol. The van der Waals surface area contributed by atoms with Gasteiger partial charge in [0, 0.05) is 12.7 Å². The lowest BCUT2D eigenvalue weighted by molar-refractivity contribution is -0.137. The van der Waals surface area contributed by atoms with Gasteiger partial charge in [-0.3, -0.25) is 9.59 Å². The summed E-state index contributed by atoms with van der Waals surface area (Å²) in [4.78, 5) is 27.5. The highest BCUT2D eigenvalue weighted by atomic mass is 79.9. The second kappa shape index (κ2) is 3.62. The summed E-state index contributed by atoms with van der Waals surface area (Å²) in [6.45, 7) is 0.0571. The summed E-state index contributed by atoms with van der Waals surface area (Å²) in [6, 6.07) is 1.72. The van der Waals surface area contributed by atoms with Crippen molar-refractivity contribution in [1.82, 2.24) is 9.88 Å². The van der Waals surface area contributed by atoms with Crippen molar-refractivity contribution in [3.63, 3.8) is 0 Å². The van der Waals surface area contributed by atoms with Crippen LogP contribution in [-0.4, -0.2) is 33.4 Å². The Hall–Kier alpha value is -1.43. The molecular formula is C9H7BrN2O3. The van der Waals surface area contributed by atoms with Crippen molar-refractivity contribution in [3.8, 4) is 0 Å². The fourth-order valence-electron chi connectivity index (χ4n) is 1.56. The fourth-order valence-corrected chi connectivity index (χ4v) is 2.10. The van der Waals surface area contributed by atoms with Crippen LogP contribution in [0.25, 0.3) is 0 Å². The molecule has 0 saturated carbocycles. The highest BCUT2D eigenvalue weighted by Crippen LogP contribution is 2.27. The number of carbonyl (C=O) groups is 2. The largest absolute Gasteiger partial charge is 0.480 e. The van der Waals surface area contributed by atoms with Gasteiger partial charge in [-0.2, -0.15) is 0 Å². The standard InChI is InChI=1S/C9H7BrN2O3/c10-8-7-5(1-2-11-8)3-12(9(7)15)4-6(13)14/h1-2H,3-4H2,(H,13,14). The molecule has 5 nitrogen and oxygen atoms in total. The molecule has 1 aliphatic rings. The van der Waals surface area contributed by atoms with E-state index in [1.165, 1.54) is 4.90 Å². The molecular weight excluding hydrogens is 264 g/mol. The molecule has 0 unspecified atom stereocenters. The molecule has 0 bridgehead atoms. The molecule has 1 aliphatic heterocycles. The molecule has 78 valence electrons. The van der Waals surface area contributed by atoms with Crippen molar-refractivity contribution in [1.29, 1.82) is 0 Å². The van der Waals surface area contributed by atoms with Crippen molar-refractivity contribution in [2.24, 2.45) is 0 Å². The summed E-state index contributed by atoms with van der Waals surface area (Å²) in [5, 5.41) is 8.62. The van der Waals surface area contributed by atoms with Crippen molar-refractivity contribution in [3.05, 3.63) is 28.0 Å². The quantitative estimate of drug-likeness (QED) is 0.811. The van der Waals surface area contributed by atoms with Crippen LogP contribution < -0.4 is 0 Å². The zero-order valence-electron chi connectivity index (χ0n) is 7.61. The average molecular weight is 271 g/mol. The number of carboxylic acids is 1. The molecule has 1 aromatic rings. The van der Waals surface area contributed by atoms with E-state index < -0.39 is 5.97 Å². The van der Waals surface area contributed by atoms with Gasteiger partial charge in [0.25, 0.3) is 5.91 Å². The average Bonchev–Trinajstić information content (AvgIpc) is 2.44. The Balaban J connectivity index is 2.34. The Labute approximate surface area is 93.8 Å².